The molecule has 2 aliphatic rings. The van der Waals surface area contributed by atoms with E-state index in [4.69, 9.17) is 25.8 Å². The van der Waals surface area contributed by atoms with E-state index in [1.54, 1.807) is 25.4 Å². The second-order valence-electron chi connectivity index (χ2n) is 15.9. The smallest absolute Gasteiger partial charge is 0.217 e. The van der Waals surface area contributed by atoms with Gasteiger partial charge in [0.15, 0.2) is 0 Å². The van der Waals surface area contributed by atoms with E-state index in [9.17, 15) is 10.1 Å². The topological polar surface area (TPSA) is 118 Å². The van der Waals surface area contributed by atoms with Crippen molar-refractivity contribution in [1.29, 1.82) is 5.26 Å². The van der Waals surface area contributed by atoms with E-state index in [-0.39, 0.29) is 18.6 Å². The third-order valence-electron chi connectivity index (χ3n) is 11.6. The van der Waals surface area contributed by atoms with Crippen LogP contribution >= 0.6 is 11.6 Å². The van der Waals surface area contributed by atoms with E-state index in [0.29, 0.717) is 47.8 Å². The molecule has 1 unspecified atom stereocenters. The summed E-state index contributed by atoms with van der Waals surface area (Å²) in [5.74, 6) is 2.59. The summed E-state index contributed by atoms with van der Waals surface area (Å²) in [6.07, 6.45) is 11.3. The fourth-order valence-electron chi connectivity index (χ4n) is 8.28. The number of rotatable bonds is 16. The molecule has 0 saturated carbocycles. The number of likely N-dealkylation sites (tertiary alicyclic amines) is 2. The highest BCUT2D eigenvalue weighted by molar-refractivity contribution is 6.32. The molecular weight excluding hydrogens is 762 g/mol. The second-order valence-corrected chi connectivity index (χ2v) is 16.3. The van der Waals surface area contributed by atoms with Crippen LogP contribution in [0.1, 0.15) is 77.5 Å². The molecule has 7 rings (SSSR count). The van der Waals surface area contributed by atoms with Crippen molar-refractivity contribution in [2.24, 2.45) is 7.05 Å². The third-order valence-corrected chi connectivity index (χ3v) is 11.9. The van der Waals surface area contributed by atoms with Gasteiger partial charge in [-0.2, -0.15) is 10.4 Å². The Morgan fingerprint density at radius 2 is 1.64 bits per heavy atom. The first-order chi connectivity index (χ1) is 28.6. The second kappa shape index (κ2) is 19.6. The van der Waals surface area contributed by atoms with E-state index in [1.165, 1.54) is 5.56 Å². The zero-order valence-corrected chi connectivity index (χ0v) is 35.3. The summed E-state index contributed by atoms with van der Waals surface area (Å²) >= 11 is 6.97. The highest BCUT2D eigenvalue weighted by atomic mass is 35.5. The Kier molecular flexibility index (Phi) is 13.8. The van der Waals surface area contributed by atoms with E-state index >= 15 is 0 Å². The van der Waals surface area contributed by atoms with Gasteiger partial charge >= 0.3 is 0 Å². The number of aryl methyl sites for hydroxylation is 1. The summed E-state index contributed by atoms with van der Waals surface area (Å²) in [5.41, 5.74) is 9.06. The van der Waals surface area contributed by atoms with Gasteiger partial charge in [0.1, 0.15) is 36.5 Å². The zero-order valence-electron chi connectivity index (χ0n) is 34.5. The molecule has 0 bridgehead atoms. The number of halogens is 1. The Morgan fingerprint density at radius 1 is 0.881 bits per heavy atom. The van der Waals surface area contributed by atoms with Crippen molar-refractivity contribution >= 4 is 17.5 Å². The predicted molar refractivity (Wildman–Crippen MR) is 230 cm³/mol. The van der Waals surface area contributed by atoms with Crippen LogP contribution in [-0.4, -0.2) is 75.8 Å². The van der Waals surface area contributed by atoms with Crippen molar-refractivity contribution in [2.75, 3.05) is 39.3 Å². The molecule has 2 fully saturated rings. The number of hydrogen-bond donors (Lipinski definition) is 1. The van der Waals surface area contributed by atoms with Gasteiger partial charge in [-0.15, -0.1) is 0 Å². The molecule has 3 aromatic carbocycles. The normalized spacial score (nSPS) is 16.2. The minimum absolute atomic E-state index is 0.0521. The number of aromatic nitrogens is 3. The van der Waals surface area contributed by atoms with Crippen molar-refractivity contribution in [1.82, 2.24) is 29.9 Å². The van der Waals surface area contributed by atoms with Crippen molar-refractivity contribution in [3.63, 3.8) is 0 Å². The average Bonchev–Trinajstić information content (AvgIpc) is 3.89. The largest absolute Gasteiger partial charge is 0.493 e. The maximum Gasteiger partial charge on any atom is 0.217 e. The fraction of sp³-hybridized carbons (Fsp3) is 0.404. The van der Waals surface area contributed by atoms with E-state index in [2.05, 4.69) is 81.6 Å². The Hall–Kier alpha value is -5.41. The number of nitrogens with one attached hydrogen (secondary N) is 1. The van der Waals surface area contributed by atoms with E-state index in [1.807, 2.05) is 36.1 Å². The molecule has 2 aliphatic heterocycles. The van der Waals surface area contributed by atoms with Crippen molar-refractivity contribution < 1.29 is 19.0 Å². The lowest BCUT2D eigenvalue weighted by molar-refractivity contribution is -0.119. The molecule has 11 nitrogen and oxygen atoms in total. The van der Waals surface area contributed by atoms with Gasteiger partial charge in [-0.05, 0) is 97.7 Å². The molecular formula is C47H54ClN7O4. The number of nitrogens with zero attached hydrogens (tertiary/aromatic N) is 6. The van der Waals surface area contributed by atoms with Gasteiger partial charge in [-0.1, -0.05) is 41.9 Å². The molecule has 1 atom stereocenters. The molecule has 5 aromatic rings. The number of pyridine rings is 1. The van der Waals surface area contributed by atoms with Crippen LogP contribution in [0.25, 0.3) is 11.1 Å². The standard InChI is InChI=1S/C47H54ClN7O4/c1-32-38(8-5-9-42(32)43-10-6-11-45(33(43)2)57-19-7-15-54-17-13-41(14-18-54)52-34(3)56)31-59-47-22-46(58-30-36-20-35(23-49)24-50-25-36)39(21-44(47)48)29-55-16-12-37(28-55)40-26-51-53(4)27-40/h5-6,8-11,20-22,24-27,37,41H,7,12-19,28-31H2,1-4H3,(H,52,56). The van der Waals surface area contributed by atoms with Gasteiger partial charge in [-0.3, -0.25) is 19.4 Å². The lowest BCUT2D eigenvalue weighted by Gasteiger charge is -2.32. The number of amides is 1. The van der Waals surface area contributed by atoms with Gasteiger partial charge in [-0.25, -0.2) is 0 Å². The Bertz CT molecular complexity index is 2280. The van der Waals surface area contributed by atoms with Crippen LogP contribution in [0, 0.1) is 25.2 Å². The van der Waals surface area contributed by atoms with E-state index in [0.717, 1.165) is 103 Å². The van der Waals surface area contributed by atoms with Crippen LogP contribution in [-0.2, 0) is 31.6 Å². The number of piperidine rings is 1. The Labute approximate surface area is 352 Å². The number of hydrogen-bond acceptors (Lipinski definition) is 9. The summed E-state index contributed by atoms with van der Waals surface area (Å²) in [5, 5.41) is 17.4. The van der Waals surface area contributed by atoms with Crippen LogP contribution in [0.5, 0.6) is 17.2 Å². The highest BCUT2D eigenvalue weighted by Gasteiger charge is 2.26. The lowest BCUT2D eigenvalue weighted by atomic mass is 9.93. The molecule has 12 heteroatoms. The minimum atomic E-state index is 0.0521. The predicted octanol–water partition coefficient (Wildman–Crippen LogP) is 8.14. The number of nitriles is 1. The average molecular weight is 816 g/mol. The molecule has 2 saturated heterocycles. The first kappa shape index (κ1) is 41.7. The van der Waals surface area contributed by atoms with Gasteiger partial charge in [0.05, 0.1) is 23.4 Å². The molecule has 4 heterocycles. The number of ether oxygens (including phenoxy) is 3. The third kappa shape index (κ3) is 10.8. The van der Waals surface area contributed by atoms with Crippen LogP contribution in [0.2, 0.25) is 5.02 Å². The SMILES string of the molecule is CC(=O)NC1CCN(CCCOc2cccc(-c3cccc(COc4cc(OCc5cncc(C#N)c5)c(CN5CCC(c6cnn(C)c6)C5)cc4Cl)c3C)c2C)CC1. The molecule has 59 heavy (non-hydrogen) atoms. The maximum absolute atomic E-state index is 11.4. The van der Waals surface area contributed by atoms with Gasteiger partial charge in [0, 0.05) is 94.4 Å². The summed E-state index contributed by atoms with van der Waals surface area (Å²) in [4.78, 5) is 20.5. The van der Waals surface area contributed by atoms with Crippen molar-refractivity contribution in [3.8, 4) is 34.4 Å². The zero-order chi connectivity index (χ0) is 41.3. The molecule has 0 aliphatic carbocycles. The van der Waals surface area contributed by atoms with E-state index < -0.39 is 0 Å². The molecule has 0 spiro atoms. The number of benzene rings is 3. The van der Waals surface area contributed by atoms with Gasteiger partial charge in [0.25, 0.3) is 0 Å². The maximum atomic E-state index is 11.4. The Morgan fingerprint density at radius 3 is 2.41 bits per heavy atom. The van der Waals surface area contributed by atoms with Crippen LogP contribution in [0.4, 0.5) is 0 Å². The number of carbonyl (C=O) groups is 1. The Balaban J connectivity index is 1.01. The summed E-state index contributed by atoms with van der Waals surface area (Å²) in [7, 11) is 1.95. The fourth-order valence-corrected chi connectivity index (χ4v) is 8.52. The van der Waals surface area contributed by atoms with Crippen LogP contribution in [0.15, 0.2) is 79.4 Å². The van der Waals surface area contributed by atoms with Crippen molar-refractivity contribution in [3.05, 3.63) is 123 Å². The highest BCUT2D eigenvalue weighted by Crippen LogP contribution is 2.38. The molecule has 1 amide bonds. The molecule has 308 valence electrons. The van der Waals surface area contributed by atoms with Crippen LogP contribution in [0.3, 0.4) is 0 Å². The molecule has 1 N–H and O–H groups in total. The first-order valence-corrected chi connectivity index (χ1v) is 20.9. The lowest BCUT2D eigenvalue weighted by Crippen LogP contribution is -2.44. The van der Waals surface area contributed by atoms with Crippen molar-refractivity contribution in [2.45, 2.75) is 78.2 Å². The quantitative estimate of drug-likeness (QED) is 0.0986. The molecule has 0 radical (unpaired) electrons. The summed E-state index contributed by atoms with van der Waals surface area (Å²) < 4.78 is 21.1. The molecule has 2 aromatic heterocycles. The summed E-state index contributed by atoms with van der Waals surface area (Å²) in [6.45, 7) is 12.6. The van der Waals surface area contributed by atoms with Crippen LogP contribution < -0.4 is 19.5 Å². The minimum Gasteiger partial charge on any atom is -0.493 e. The first-order valence-electron chi connectivity index (χ1n) is 20.6. The van der Waals surface area contributed by atoms with Gasteiger partial charge in [0.2, 0.25) is 5.91 Å². The van der Waals surface area contributed by atoms with Gasteiger partial charge < -0.3 is 24.4 Å². The summed E-state index contributed by atoms with van der Waals surface area (Å²) in [6, 6.07) is 20.7. The monoisotopic (exact) mass is 815 g/mol. The number of carbonyl (C=O) groups excluding carboxylic acids is 1.